The Balaban J connectivity index is 1.66. The minimum Gasteiger partial charge on any atom is -0.494 e. The lowest BCUT2D eigenvalue weighted by atomic mass is 10.1. The summed E-state index contributed by atoms with van der Waals surface area (Å²) in [6.45, 7) is 2.10. The topological polar surface area (TPSA) is 73.2 Å². The van der Waals surface area contributed by atoms with Gasteiger partial charge in [-0.15, -0.1) is 0 Å². The minimum absolute atomic E-state index is 0.194. The Labute approximate surface area is 170 Å². The van der Waals surface area contributed by atoms with Crippen LogP contribution >= 0.6 is 0 Å². The third-order valence-electron chi connectivity index (χ3n) is 4.15. The number of amides is 1. The minimum atomic E-state index is -4.45. The van der Waals surface area contributed by atoms with E-state index in [-0.39, 0.29) is 12.2 Å². The molecule has 1 amide bonds. The fourth-order valence-corrected chi connectivity index (χ4v) is 2.69. The summed E-state index contributed by atoms with van der Waals surface area (Å²) in [7, 11) is 0. The van der Waals surface area contributed by atoms with Gasteiger partial charge in [-0.3, -0.25) is 14.2 Å². The van der Waals surface area contributed by atoms with Crippen molar-refractivity contribution in [3.8, 4) is 17.0 Å². The summed E-state index contributed by atoms with van der Waals surface area (Å²) in [4.78, 5) is 28.7. The second-order valence-electron chi connectivity index (χ2n) is 6.32. The molecule has 9 heteroatoms. The molecule has 0 aliphatic carbocycles. The highest BCUT2D eigenvalue weighted by molar-refractivity contribution is 5.90. The zero-order valence-electron chi connectivity index (χ0n) is 15.9. The first kappa shape index (κ1) is 21.1. The van der Waals surface area contributed by atoms with Crippen LogP contribution in [-0.4, -0.2) is 22.1 Å². The van der Waals surface area contributed by atoms with Gasteiger partial charge in [-0.25, -0.2) is 4.98 Å². The van der Waals surface area contributed by atoms with E-state index in [9.17, 15) is 22.8 Å². The molecule has 0 unspecified atom stereocenters. The number of hydrogen-bond acceptors (Lipinski definition) is 4. The third-order valence-corrected chi connectivity index (χ3v) is 4.15. The van der Waals surface area contributed by atoms with Crippen molar-refractivity contribution < 1.29 is 22.7 Å². The molecule has 1 aromatic heterocycles. The molecule has 1 N–H and O–H groups in total. The van der Waals surface area contributed by atoms with Crippen molar-refractivity contribution >= 4 is 11.6 Å². The highest BCUT2D eigenvalue weighted by Gasteiger charge is 2.29. The van der Waals surface area contributed by atoms with E-state index < -0.39 is 23.2 Å². The van der Waals surface area contributed by atoms with Gasteiger partial charge in [-0.2, -0.15) is 13.2 Å². The SMILES string of the molecule is CCOc1ccc(-c2cc(=O)n(CC(=O)Nc3ccc(C(F)(F)F)cc3)cn2)cc1. The fourth-order valence-electron chi connectivity index (χ4n) is 2.69. The predicted molar refractivity (Wildman–Crippen MR) is 105 cm³/mol. The van der Waals surface area contributed by atoms with Crippen LogP contribution in [0.5, 0.6) is 5.75 Å². The Morgan fingerprint density at radius 2 is 1.77 bits per heavy atom. The molecule has 0 radical (unpaired) electrons. The summed E-state index contributed by atoms with van der Waals surface area (Å²) in [5.74, 6) is 0.141. The Morgan fingerprint density at radius 1 is 1.10 bits per heavy atom. The molecule has 3 rings (SSSR count). The number of anilines is 1. The number of hydrogen-bond donors (Lipinski definition) is 1. The summed E-state index contributed by atoms with van der Waals surface area (Å²) in [5.41, 5.74) is 0.113. The molecule has 0 saturated heterocycles. The summed E-state index contributed by atoms with van der Waals surface area (Å²) < 4.78 is 44.2. The first-order valence-electron chi connectivity index (χ1n) is 9.03. The van der Waals surface area contributed by atoms with Crippen molar-refractivity contribution in [2.75, 3.05) is 11.9 Å². The van der Waals surface area contributed by atoms with Crippen LogP contribution in [0.2, 0.25) is 0 Å². The lowest BCUT2D eigenvalue weighted by Gasteiger charge is -2.10. The molecule has 30 heavy (non-hydrogen) atoms. The number of nitrogens with zero attached hydrogens (tertiary/aromatic N) is 2. The van der Waals surface area contributed by atoms with Gasteiger partial charge in [0.25, 0.3) is 5.56 Å². The third kappa shape index (κ3) is 5.25. The molecule has 156 valence electrons. The first-order chi connectivity index (χ1) is 14.3. The molecule has 0 atom stereocenters. The zero-order valence-corrected chi connectivity index (χ0v) is 15.9. The summed E-state index contributed by atoms with van der Waals surface area (Å²) >= 11 is 0. The van der Waals surface area contributed by atoms with Crippen molar-refractivity contribution in [2.24, 2.45) is 0 Å². The number of benzene rings is 2. The zero-order chi connectivity index (χ0) is 21.7. The second-order valence-corrected chi connectivity index (χ2v) is 6.32. The number of nitrogens with one attached hydrogen (secondary N) is 1. The van der Waals surface area contributed by atoms with Gasteiger partial charge < -0.3 is 10.1 Å². The largest absolute Gasteiger partial charge is 0.494 e. The predicted octanol–water partition coefficient (Wildman–Crippen LogP) is 3.97. The Kier molecular flexibility index (Phi) is 6.20. The van der Waals surface area contributed by atoms with Crippen LogP contribution in [0.1, 0.15) is 12.5 Å². The quantitative estimate of drug-likeness (QED) is 0.659. The molecule has 2 aromatic carbocycles. The number of rotatable bonds is 6. The van der Waals surface area contributed by atoms with Gasteiger partial charge in [0.05, 0.1) is 24.2 Å². The first-order valence-corrected chi connectivity index (χ1v) is 9.03. The van der Waals surface area contributed by atoms with Gasteiger partial charge in [0.2, 0.25) is 5.91 Å². The van der Waals surface area contributed by atoms with Gasteiger partial charge in [0, 0.05) is 17.3 Å². The van der Waals surface area contributed by atoms with Crippen molar-refractivity contribution in [1.29, 1.82) is 0 Å². The van der Waals surface area contributed by atoms with E-state index in [0.29, 0.717) is 18.1 Å². The van der Waals surface area contributed by atoms with E-state index in [2.05, 4.69) is 10.3 Å². The lowest BCUT2D eigenvalue weighted by molar-refractivity contribution is -0.137. The van der Waals surface area contributed by atoms with Crippen LogP contribution in [-0.2, 0) is 17.5 Å². The van der Waals surface area contributed by atoms with Crippen LogP contribution in [0.3, 0.4) is 0 Å². The van der Waals surface area contributed by atoms with Gasteiger partial charge in [-0.05, 0) is 55.5 Å². The average molecular weight is 417 g/mol. The van der Waals surface area contributed by atoms with E-state index in [1.165, 1.54) is 12.4 Å². The molecule has 0 spiro atoms. The highest BCUT2D eigenvalue weighted by atomic mass is 19.4. The molecule has 6 nitrogen and oxygen atoms in total. The highest BCUT2D eigenvalue weighted by Crippen LogP contribution is 2.29. The fraction of sp³-hybridized carbons (Fsp3) is 0.190. The summed E-state index contributed by atoms with van der Waals surface area (Å²) in [6, 6.07) is 12.4. The maximum Gasteiger partial charge on any atom is 0.416 e. The smallest absolute Gasteiger partial charge is 0.416 e. The second kappa shape index (κ2) is 8.81. The molecule has 0 aliphatic rings. The van der Waals surface area contributed by atoms with E-state index in [1.807, 2.05) is 6.92 Å². The van der Waals surface area contributed by atoms with Crippen molar-refractivity contribution in [2.45, 2.75) is 19.6 Å². The number of aromatic nitrogens is 2. The standard InChI is InChI=1S/C21H18F3N3O3/c1-2-30-17-9-3-14(4-10-17)18-11-20(29)27(13-25-18)12-19(28)26-16-7-5-15(6-8-16)21(22,23)24/h3-11,13H,2,12H2,1H3,(H,26,28). The molecule has 0 fully saturated rings. The normalized spacial score (nSPS) is 11.2. The Hall–Kier alpha value is -3.62. The molecule has 0 bridgehead atoms. The van der Waals surface area contributed by atoms with E-state index in [1.54, 1.807) is 24.3 Å². The van der Waals surface area contributed by atoms with Crippen molar-refractivity contribution in [3.05, 3.63) is 76.8 Å². The van der Waals surface area contributed by atoms with Crippen LogP contribution in [0, 0.1) is 0 Å². The van der Waals surface area contributed by atoms with Crippen LogP contribution in [0.4, 0.5) is 18.9 Å². The molecule has 1 heterocycles. The van der Waals surface area contributed by atoms with Gasteiger partial charge in [0.1, 0.15) is 12.3 Å². The van der Waals surface area contributed by atoms with E-state index in [4.69, 9.17) is 4.74 Å². The molecule has 0 saturated carbocycles. The maximum absolute atomic E-state index is 12.6. The summed E-state index contributed by atoms with van der Waals surface area (Å²) in [5, 5.41) is 2.45. The van der Waals surface area contributed by atoms with Crippen LogP contribution in [0.25, 0.3) is 11.3 Å². The van der Waals surface area contributed by atoms with Crippen LogP contribution < -0.4 is 15.6 Å². The number of carbonyl (C=O) groups excluding carboxylic acids is 1. The van der Waals surface area contributed by atoms with E-state index in [0.717, 1.165) is 34.4 Å². The van der Waals surface area contributed by atoms with Gasteiger partial charge >= 0.3 is 6.18 Å². The van der Waals surface area contributed by atoms with E-state index >= 15 is 0 Å². The van der Waals surface area contributed by atoms with Crippen LogP contribution in [0.15, 0.2) is 65.7 Å². The number of alkyl halides is 3. The summed E-state index contributed by atoms with van der Waals surface area (Å²) in [6.07, 6.45) is -3.20. The molecular weight excluding hydrogens is 399 g/mol. The maximum atomic E-state index is 12.6. The van der Waals surface area contributed by atoms with Crippen molar-refractivity contribution in [1.82, 2.24) is 9.55 Å². The number of halogens is 3. The number of carbonyl (C=O) groups is 1. The Morgan fingerprint density at radius 3 is 2.33 bits per heavy atom. The number of ether oxygens (including phenoxy) is 1. The Bertz CT molecular complexity index is 1080. The average Bonchev–Trinajstić information content (AvgIpc) is 2.70. The molecular formula is C21H18F3N3O3. The van der Waals surface area contributed by atoms with Crippen molar-refractivity contribution in [3.63, 3.8) is 0 Å². The van der Waals surface area contributed by atoms with Gasteiger partial charge in [0.15, 0.2) is 0 Å². The molecule has 3 aromatic rings. The molecule has 0 aliphatic heterocycles. The lowest BCUT2D eigenvalue weighted by Crippen LogP contribution is -2.27. The van der Waals surface area contributed by atoms with Gasteiger partial charge in [-0.1, -0.05) is 0 Å². The monoisotopic (exact) mass is 417 g/mol.